The molecule has 2 heteroatoms. The third kappa shape index (κ3) is 1.65. The van der Waals surface area contributed by atoms with E-state index in [0.29, 0.717) is 5.78 Å². The van der Waals surface area contributed by atoms with Gasteiger partial charge in [0.2, 0.25) is 0 Å². The SMILES string of the molecule is CC(=O)C1(c2cc(C)c(Br)c(C)c2)CC1. The smallest absolute Gasteiger partial charge is 0.140 e. The molecule has 0 unspecified atom stereocenters. The van der Waals surface area contributed by atoms with Crippen LogP contribution in [0.4, 0.5) is 0 Å². The van der Waals surface area contributed by atoms with Gasteiger partial charge in [0.25, 0.3) is 0 Å². The van der Waals surface area contributed by atoms with Crippen molar-refractivity contribution < 1.29 is 4.79 Å². The number of hydrogen-bond donors (Lipinski definition) is 0. The van der Waals surface area contributed by atoms with Crippen LogP contribution in [0.2, 0.25) is 0 Å². The summed E-state index contributed by atoms with van der Waals surface area (Å²) in [6.45, 7) is 5.87. The Balaban J connectivity index is 2.51. The van der Waals surface area contributed by atoms with E-state index < -0.39 is 0 Å². The first-order chi connectivity index (χ1) is 6.97. The summed E-state index contributed by atoms with van der Waals surface area (Å²) < 4.78 is 1.16. The highest BCUT2D eigenvalue weighted by molar-refractivity contribution is 9.10. The minimum Gasteiger partial charge on any atom is -0.299 e. The van der Waals surface area contributed by atoms with Gasteiger partial charge in [-0.3, -0.25) is 4.79 Å². The van der Waals surface area contributed by atoms with E-state index in [4.69, 9.17) is 0 Å². The number of halogens is 1. The van der Waals surface area contributed by atoms with Crippen molar-refractivity contribution in [2.24, 2.45) is 0 Å². The van der Waals surface area contributed by atoms with E-state index in [2.05, 4.69) is 41.9 Å². The van der Waals surface area contributed by atoms with Crippen molar-refractivity contribution in [2.75, 3.05) is 0 Å². The van der Waals surface area contributed by atoms with Crippen LogP contribution in [0.1, 0.15) is 36.5 Å². The van der Waals surface area contributed by atoms with Crippen LogP contribution in [-0.4, -0.2) is 5.78 Å². The van der Waals surface area contributed by atoms with Gasteiger partial charge in [-0.1, -0.05) is 28.1 Å². The molecular formula is C13H15BrO. The highest BCUT2D eigenvalue weighted by Crippen LogP contribution is 2.49. The molecule has 80 valence electrons. The summed E-state index contributed by atoms with van der Waals surface area (Å²) in [5, 5.41) is 0. The van der Waals surface area contributed by atoms with Gasteiger partial charge in [0.05, 0.1) is 5.41 Å². The highest BCUT2D eigenvalue weighted by Gasteiger charge is 2.48. The molecule has 15 heavy (non-hydrogen) atoms. The fourth-order valence-electron chi connectivity index (χ4n) is 2.19. The lowest BCUT2D eigenvalue weighted by Gasteiger charge is -2.15. The number of hydrogen-bond acceptors (Lipinski definition) is 1. The average molecular weight is 267 g/mol. The van der Waals surface area contributed by atoms with Crippen molar-refractivity contribution in [1.29, 1.82) is 0 Å². The average Bonchev–Trinajstić information content (AvgIpc) is 2.93. The molecular weight excluding hydrogens is 252 g/mol. The number of rotatable bonds is 2. The number of carbonyl (C=O) groups excluding carboxylic acids is 1. The maximum Gasteiger partial charge on any atom is 0.140 e. The van der Waals surface area contributed by atoms with Crippen molar-refractivity contribution in [3.05, 3.63) is 33.3 Å². The van der Waals surface area contributed by atoms with Crippen LogP contribution >= 0.6 is 15.9 Å². The monoisotopic (exact) mass is 266 g/mol. The second kappa shape index (κ2) is 3.44. The Morgan fingerprint density at radius 3 is 2.07 bits per heavy atom. The lowest BCUT2D eigenvalue weighted by molar-refractivity contribution is -0.119. The first kappa shape index (κ1) is 10.9. The van der Waals surface area contributed by atoms with Crippen molar-refractivity contribution in [3.8, 4) is 0 Å². The van der Waals surface area contributed by atoms with Gasteiger partial charge in [0.1, 0.15) is 5.78 Å². The van der Waals surface area contributed by atoms with Crippen LogP contribution in [0.25, 0.3) is 0 Å². The van der Waals surface area contributed by atoms with E-state index in [-0.39, 0.29) is 5.41 Å². The molecule has 1 aromatic rings. The number of ketones is 1. The molecule has 1 aromatic carbocycles. The number of benzene rings is 1. The molecule has 0 saturated heterocycles. The van der Waals surface area contributed by atoms with Crippen LogP contribution in [0.5, 0.6) is 0 Å². The van der Waals surface area contributed by atoms with Gasteiger partial charge in [0, 0.05) is 4.47 Å². The van der Waals surface area contributed by atoms with Gasteiger partial charge in [-0.15, -0.1) is 0 Å². The van der Waals surface area contributed by atoms with Crippen LogP contribution in [0.15, 0.2) is 16.6 Å². The lowest BCUT2D eigenvalue weighted by atomic mass is 9.90. The molecule has 2 rings (SSSR count). The van der Waals surface area contributed by atoms with E-state index in [0.717, 1.165) is 17.3 Å². The summed E-state index contributed by atoms with van der Waals surface area (Å²) in [5.41, 5.74) is 3.50. The van der Waals surface area contributed by atoms with Crippen molar-refractivity contribution in [1.82, 2.24) is 0 Å². The van der Waals surface area contributed by atoms with Crippen LogP contribution in [-0.2, 0) is 10.2 Å². The Morgan fingerprint density at radius 1 is 1.27 bits per heavy atom. The van der Waals surface area contributed by atoms with E-state index in [1.54, 1.807) is 6.92 Å². The molecule has 0 heterocycles. The second-order valence-corrected chi connectivity index (χ2v) is 5.36. The molecule has 0 aliphatic heterocycles. The molecule has 0 atom stereocenters. The molecule has 1 nitrogen and oxygen atoms in total. The fraction of sp³-hybridized carbons (Fsp3) is 0.462. The number of carbonyl (C=O) groups is 1. The van der Waals surface area contributed by atoms with Crippen LogP contribution in [0, 0.1) is 13.8 Å². The Morgan fingerprint density at radius 2 is 1.73 bits per heavy atom. The van der Waals surface area contributed by atoms with Gasteiger partial charge >= 0.3 is 0 Å². The van der Waals surface area contributed by atoms with Crippen LogP contribution in [0.3, 0.4) is 0 Å². The third-order valence-corrected chi connectivity index (χ3v) is 4.66. The summed E-state index contributed by atoms with van der Waals surface area (Å²) in [4.78, 5) is 11.6. The van der Waals surface area contributed by atoms with E-state index in [9.17, 15) is 4.79 Å². The molecule has 0 amide bonds. The fourth-order valence-corrected chi connectivity index (χ4v) is 2.42. The minimum absolute atomic E-state index is 0.143. The van der Waals surface area contributed by atoms with Gasteiger partial charge in [-0.05, 0) is 50.3 Å². The minimum atomic E-state index is -0.143. The normalized spacial score (nSPS) is 17.6. The van der Waals surface area contributed by atoms with E-state index in [1.165, 1.54) is 16.7 Å². The van der Waals surface area contributed by atoms with Gasteiger partial charge < -0.3 is 0 Å². The Hall–Kier alpha value is -0.630. The quantitative estimate of drug-likeness (QED) is 0.798. The molecule has 1 fully saturated rings. The lowest BCUT2D eigenvalue weighted by Crippen LogP contribution is -2.17. The van der Waals surface area contributed by atoms with E-state index in [1.807, 2.05) is 0 Å². The summed E-state index contributed by atoms with van der Waals surface area (Å²) in [5.74, 6) is 0.309. The maximum atomic E-state index is 11.6. The van der Waals surface area contributed by atoms with Gasteiger partial charge in [-0.25, -0.2) is 0 Å². The molecule has 1 aliphatic carbocycles. The first-order valence-electron chi connectivity index (χ1n) is 5.25. The maximum absolute atomic E-state index is 11.6. The van der Waals surface area contributed by atoms with Gasteiger partial charge in [-0.2, -0.15) is 0 Å². The summed E-state index contributed by atoms with van der Waals surface area (Å²) >= 11 is 3.55. The largest absolute Gasteiger partial charge is 0.299 e. The Labute approximate surface area is 99.0 Å². The van der Waals surface area contributed by atoms with Crippen LogP contribution < -0.4 is 0 Å². The Kier molecular flexibility index (Phi) is 2.50. The van der Waals surface area contributed by atoms with Crippen molar-refractivity contribution in [3.63, 3.8) is 0 Å². The van der Waals surface area contributed by atoms with E-state index >= 15 is 0 Å². The highest BCUT2D eigenvalue weighted by atomic mass is 79.9. The first-order valence-corrected chi connectivity index (χ1v) is 6.05. The molecule has 0 N–H and O–H groups in total. The number of aryl methyl sites for hydroxylation is 2. The molecule has 1 aliphatic rings. The van der Waals surface area contributed by atoms with Crippen molar-refractivity contribution >= 4 is 21.7 Å². The zero-order chi connectivity index (χ0) is 11.2. The zero-order valence-electron chi connectivity index (χ0n) is 9.36. The number of Topliss-reactive ketones (excluding diaryl/α,β-unsaturated/α-hetero) is 1. The molecule has 0 spiro atoms. The Bertz CT molecular complexity index is 407. The third-order valence-electron chi connectivity index (χ3n) is 3.41. The summed E-state index contributed by atoms with van der Waals surface area (Å²) in [7, 11) is 0. The predicted molar refractivity (Wildman–Crippen MR) is 65.2 cm³/mol. The van der Waals surface area contributed by atoms with Gasteiger partial charge in [0.15, 0.2) is 0 Å². The zero-order valence-corrected chi connectivity index (χ0v) is 10.9. The predicted octanol–water partition coefficient (Wildman–Crippen LogP) is 3.69. The summed E-state index contributed by atoms with van der Waals surface area (Å²) in [6, 6.07) is 4.29. The molecule has 0 aromatic heterocycles. The second-order valence-electron chi connectivity index (χ2n) is 4.56. The molecule has 0 radical (unpaired) electrons. The molecule has 1 saturated carbocycles. The van der Waals surface area contributed by atoms with Crippen molar-refractivity contribution in [2.45, 2.75) is 39.0 Å². The standard InChI is InChI=1S/C13H15BrO/c1-8-6-11(7-9(2)12(8)14)13(4-5-13)10(3)15/h6-7H,4-5H2,1-3H3. The molecule has 0 bridgehead atoms. The topological polar surface area (TPSA) is 17.1 Å². The summed E-state index contributed by atoms with van der Waals surface area (Å²) in [6.07, 6.45) is 2.03.